The third-order valence-corrected chi connectivity index (χ3v) is 13.4. The summed E-state index contributed by atoms with van der Waals surface area (Å²) in [6, 6.07) is 32.6. The van der Waals surface area contributed by atoms with E-state index in [4.69, 9.17) is 0 Å². The molecule has 0 radical (unpaired) electrons. The standard InChI is InChI=1S/C40H32S4/c1-21-15-29(33-13-7-25(5)41-33)16-22(2)37(21)27-9-11-31-35(19-27)43-40-32-12-10-28(20-36(32)44-39(31)40)38-23(3)17-30(18-24(38)4)34-14-8-26(6)42-34/h7-20H,1-6H3. The van der Waals surface area contributed by atoms with E-state index < -0.39 is 0 Å². The van der Waals surface area contributed by atoms with Crippen LogP contribution in [-0.4, -0.2) is 0 Å². The van der Waals surface area contributed by atoms with Crippen molar-refractivity contribution in [3.05, 3.63) is 117 Å². The van der Waals surface area contributed by atoms with Crippen LogP contribution in [0.15, 0.2) is 84.9 Å². The lowest BCUT2D eigenvalue weighted by atomic mass is 9.92. The van der Waals surface area contributed by atoms with Crippen molar-refractivity contribution >= 4 is 74.9 Å². The second kappa shape index (κ2) is 10.5. The van der Waals surface area contributed by atoms with E-state index in [1.54, 1.807) is 0 Å². The van der Waals surface area contributed by atoms with Gasteiger partial charge in [0, 0.05) is 39.7 Å². The summed E-state index contributed by atoms with van der Waals surface area (Å²) in [4.78, 5) is 5.41. The largest absolute Gasteiger partial charge is 0.141 e. The normalized spacial score (nSPS) is 11.9. The molecule has 0 aliphatic heterocycles. The fraction of sp³-hybridized carbons (Fsp3) is 0.150. The van der Waals surface area contributed by atoms with Crippen molar-refractivity contribution in [1.29, 1.82) is 0 Å². The fourth-order valence-corrected chi connectivity index (χ4v) is 11.3. The first kappa shape index (κ1) is 28.0. The maximum Gasteiger partial charge on any atom is 0.0542 e. The zero-order chi connectivity index (χ0) is 30.3. The van der Waals surface area contributed by atoms with Crippen molar-refractivity contribution in [2.75, 3.05) is 0 Å². The fourth-order valence-electron chi connectivity index (χ4n) is 6.87. The van der Waals surface area contributed by atoms with E-state index in [0.29, 0.717) is 0 Å². The van der Waals surface area contributed by atoms with E-state index in [2.05, 4.69) is 126 Å². The maximum absolute atomic E-state index is 2.42. The number of rotatable bonds is 4. The van der Waals surface area contributed by atoms with Crippen LogP contribution in [0.3, 0.4) is 0 Å². The van der Waals surface area contributed by atoms with Crippen molar-refractivity contribution in [3.8, 4) is 43.1 Å². The molecule has 4 aromatic heterocycles. The van der Waals surface area contributed by atoms with Crippen LogP contribution in [0, 0.1) is 41.5 Å². The second-order valence-electron chi connectivity index (χ2n) is 12.1. The Kier molecular flexibility index (Phi) is 6.69. The molecule has 4 heterocycles. The Balaban J connectivity index is 1.18. The quantitative estimate of drug-likeness (QED) is 0.180. The van der Waals surface area contributed by atoms with E-state index in [0.717, 1.165) is 0 Å². The van der Waals surface area contributed by atoms with Gasteiger partial charge in [-0.25, -0.2) is 0 Å². The Morgan fingerprint density at radius 3 is 1.09 bits per heavy atom. The summed E-state index contributed by atoms with van der Waals surface area (Å²) in [7, 11) is 0. The van der Waals surface area contributed by atoms with Crippen LogP contribution >= 0.6 is 45.3 Å². The molecular weight excluding hydrogens is 609 g/mol. The first-order chi connectivity index (χ1) is 21.2. The average Bonchev–Trinajstić information content (AvgIpc) is 3.76. The van der Waals surface area contributed by atoms with Crippen molar-refractivity contribution in [3.63, 3.8) is 0 Å². The number of benzene rings is 4. The van der Waals surface area contributed by atoms with Gasteiger partial charge in [-0.3, -0.25) is 0 Å². The third-order valence-electron chi connectivity index (χ3n) is 8.78. The zero-order valence-electron chi connectivity index (χ0n) is 25.7. The highest BCUT2D eigenvalue weighted by molar-refractivity contribution is 7.36. The lowest BCUT2D eigenvalue weighted by Gasteiger charge is -2.13. The second-order valence-corrected chi connectivity index (χ2v) is 16.8. The highest BCUT2D eigenvalue weighted by Crippen LogP contribution is 2.47. The zero-order valence-corrected chi connectivity index (χ0v) is 29.0. The number of thiophene rings is 4. The van der Waals surface area contributed by atoms with Gasteiger partial charge in [0.15, 0.2) is 0 Å². The van der Waals surface area contributed by atoms with Gasteiger partial charge in [-0.15, -0.1) is 45.3 Å². The molecule has 0 saturated carbocycles. The highest BCUT2D eigenvalue weighted by atomic mass is 32.1. The first-order valence-corrected chi connectivity index (χ1v) is 18.3. The molecule has 0 spiro atoms. The maximum atomic E-state index is 2.42. The Morgan fingerprint density at radius 1 is 0.364 bits per heavy atom. The topological polar surface area (TPSA) is 0 Å². The molecule has 0 nitrogen and oxygen atoms in total. The lowest BCUT2D eigenvalue weighted by Crippen LogP contribution is -1.90. The molecule has 0 fully saturated rings. The molecule has 0 aliphatic rings. The molecule has 0 unspecified atom stereocenters. The summed E-state index contributed by atoms with van der Waals surface area (Å²) < 4.78 is 5.57. The van der Waals surface area contributed by atoms with Gasteiger partial charge in [0.05, 0.1) is 9.40 Å². The minimum absolute atomic E-state index is 1.31. The van der Waals surface area contributed by atoms with Crippen molar-refractivity contribution in [2.24, 2.45) is 0 Å². The molecule has 0 atom stereocenters. The third kappa shape index (κ3) is 4.59. The number of aryl methyl sites for hydroxylation is 6. The number of hydrogen-bond donors (Lipinski definition) is 0. The highest BCUT2D eigenvalue weighted by Gasteiger charge is 2.17. The molecule has 4 aromatic carbocycles. The Labute approximate surface area is 274 Å². The average molecular weight is 641 g/mol. The van der Waals surface area contributed by atoms with Crippen LogP contribution in [0.4, 0.5) is 0 Å². The minimum atomic E-state index is 1.31. The Morgan fingerprint density at radius 2 is 0.750 bits per heavy atom. The first-order valence-electron chi connectivity index (χ1n) is 15.0. The summed E-state index contributed by atoms with van der Waals surface area (Å²) >= 11 is 7.63. The lowest BCUT2D eigenvalue weighted by molar-refractivity contribution is 1.38. The van der Waals surface area contributed by atoms with Crippen LogP contribution in [0.1, 0.15) is 32.0 Å². The van der Waals surface area contributed by atoms with Gasteiger partial charge in [0.2, 0.25) is 0 Å². The van der Waals surface area contributed by atoms with Gasteiger partial charge in [-0.2, -0.15) is 0 Å². The molecule has 0 amide bonds. The number of fused-ring (bicyclic) bond motifs is 5. The predicted molar refractivity (Wildman–Crippen MR) is 201 cm³/mol. The van der Waals surface area contributed by atoms with Crippen LogP contribution in [0.25, 0.3) is 72.7 Å². The Hall–Kier alpha value is -3.54. The summed E-state index contributed by atoms with van der Waals surface area (Å²) in [5.74, 6) is 0. The van der Waals surface area contributed by atoms with Gasteiger partial charge >= 0.3 is 0 Å². The molecule has 0 bridgehead atoms. The van der Waals surface area contributed by atoms with Crippen LogP contribution in [-0.2, 0) is 0 Å². The van der Waals surface area contributed by atoms with Crippen LogP contribution < -0.4 is 0 Å². The van der Waals surface area contributed by atoms with E-state index in [-0.39, 0.29) is 0 Å². The van der Waals surface area contributed by atoms with Gasteiger partial charge < -0.3 is 0 Å². The molecule has 4 heteroatoms. The van der Waals surface area contributed by atoms with Gasteiger partial charge in [-0.05, 0) is 158 Å². The van der Waals surface area contributed by atoms with Crippen LogP contribution in [0.2, 0.25) is 0 Å². The molecule has 0 saturated heterocycles. The smallest absolute Gasteiger partial charge is 0.0542 e. The molecule has 8 rings (SSSR count). The molecule has 44 heavy (non-hydrogen) atoms. The predicted octanol–water partition coefficient (Wildman–Crippen LogP) is 13.9. The monoisotopic (exact) mass is 640 g/mol. The van der Waals surface area contributed by atoms with Crippen molar-refractivity contribution in [1.82, 2.24) is 0 Å². The summed E-state index contributed by atoms with van der Waals surface area (Å²) in [5.41, 5.74) is 13.4. The van der Waals surface area contributed by atoms with Crippen LogP contribution in [0.5, 0.6) is 0 Å². The molecular formula is C40H32S4. The van der Waals surface area contributed by atoms with Gasteiger partial charge in [0.25, 0.3) is 0 Å². The summed E-state index contributed by atoms with van der Waals surface area (Å²) in [6.45, 7) is 13.4. The molecule has 0 N–H and O–H groups in total. The van der Waals surface area contributed by atoms with Crippen molar-refractivity contribution in [2.45, 2.75) is 41.5 Å². The van der Waals surface area contributed by atoms with E-state index in [1.165, 1.54) is 105 Å². The van der Waals surface area contributed by atoms with E-state index in [1.807, 2.05) is 45.3 Å². The van der Waals surface area contributed by atoms with Gasteiger partial charge in [0.1, 0.15) is 0 Å². The molecule has 216 valence electrons. The Bertz CT molecular complexity index is 2190. The van der Waals surface area contributed by atoms with E-state index in [9.17, 15) is 0 Å². The van der Waals surface area contributed by atoms with Crippen molar-refractivity contribution < 1.29 is 0 Å². The summed E-state index contributed by atoms with van der Waals surface area (Å²) in [6.07, 6.45) is 0. The van der Waals surface area contributed by atoms with E-state index >= 15 is 0 Å². The summed E-state index contributed by atoms with van der Waals surface area (Å²) in [5, 5.41) is 2.75. The minimum Gasteiger partial charge on any atom is -0.141 e. The molecule has 0 aliphatic carbocycles. The SMILES string of the molecule is Cc1ccc(-c2cc(C)c(-c3ccc4c(c3)sc3c5ccc(-c6c(C)cc(-c7ccc(C)s7)cc6C)cc5sc43)c(C)c2)s1. The van der Waals surface area contributed by atoms with Gasteiger partial charge in [-0.1, -0.05) is 24.3 Å². The number of hydrogen-bond acceptors (Lipinski definition) is 4. The molecule has 8 aromatic rings.